The van der Waals surface area contributed by atoms with Gasteiger partial charge in [-0.25, -0.2) is 0 Å². The van der Waals surface area contributed by atoms with E-state index in [1.807, 2.05) is 0 Å². The van der Waals surface area contributed by atoms with Crippen LogP contribution >= 0.6 is 8.46 Å². The molecule has 0 radical (unpaired) electrons. The molecule has 0 spiro atoms. The highest BCUT2D eigenvalue weighted by Gasteiger charge is 2.28. The number of rotatable bonds is 3. The zero-order valence-corrected chi connectivity index (χ0v) is 6.70. The van der Waals surface area contributed by atoms with Gasteiger partial charge in [0.05, 0.1) is 8.46 Å². The molecule has 0 aromatic heterocycles. The number of carbonyl (C=O) groups is 1. The topological polar surface area (TPSA) is 54.4 Å². The van der Waals surface area contributed by atoms with Crippen molar-refractivity contribution in [1.29, 1.82) is 0 Å². The third-order valence-corrected chi connectivity index (χ3v) is 2.66. The molecule has 0 saturated carbocycles. The van der Waals surface area contributed by atoms with Crippen LogP contribution in [0.25, 0.3) is 0 Å². The maximum absolute atomic E-state index is 10.3. The Kier molecular flexibility index (Phi) is 2.92. The number of carboxylic acids is 1. The summed E-state index contributed by atoms with van der Waals surface area (Å²) in [4.78, 5) is 10.3. The zero-order chi connectivity index (χ0) is 7.49. The minimum atomic E-state index is -1.22. The normalized spacial score (nSPS) is 18.0. The minimum absolute atomic E-state index is 0.432. The summed E-state index contributed by atoms with van der Waals surface area (Å²) >= 11 is 0. The first-order valence-electron chi connectivity index (χ1n) is 2.76. The largest absolute Gasteiger partial charge is 0.480 e. The molecule has 0 fully saturated rings. The first-order valence-corrected chi connectivity index (χ1v) is 3.81. The van der Waals surface area contributed by atoms with Crippen molar-refractivity contribution in [3.63, 3.8) is 0 Å². The van der Waals surface area contributed by atoms with Crippen molar-refractivity contribution in [3.8, 4) is 0 Å². The van der Waals surface area contributed by atoms with E-state index in [4.69, 9.17) is 5.11 Å². The van der Waals surface area contributed by atoms with E-state index >= 15 is 0 Å². The second kappa shape index (κ2) is 3.02. The molecule has 0 amide bonds. The highest BCUT2D eigenvalue weighted by Crippen LogP contribution is 2.25. The molecule has 0 aliphatic rings. The maximum Gasteiger partial charge on any atom is 0.316 e. The minimum Gasteiger partial charge on any atom is -0.480 e. The summed E-state index contributed by atoms with van der Waals surface area (Å²) in [5.74, 6) is -0.963. The Morgan fingerprint density at radius 3 is 2.22 bits per heavy atom. The van der Waals surface area contributed by atoms with Crippen molar-refractivity contribution in [3.05, 3.63) is 0 Å². The van der Waals surface area contributed by atoms with Crippen molar-refractivity contribution in [2.75, 3.05) is 0 Å². The van der Waals surface area contributed by atoms with E-state index in [2.05, 4.69) is 0 Å². The summed E-state index contributed by atoms with van der Waals surface area (Å²) < 4.78 is 10.3. The third kappa shape index (κ3) is 1.83. The van der Waals surface area contributed by atoms with Gasteiger partial charge in [0.25, 0.3) is 0 Å². The quantitative estimate of drug-likeness (QED) is 0.610. The lowest BCUT2D eigenvalue weighted by atomic mass is 10.1. The molecule has 0 aromatic rings. The second-order valence-electron chi connectivity index (χ2n) is 2.19. The lowest BCUT2D eigenvalue weighted by Gasteiger charge is -2.13. The van der Waals surface area contributed by atoms with Crippen molar-refractivity contribution in [2.45, 2.75) is 25.4 Å². The van der Waals surface area contributed by atoms with Gasteiger partial charge in [-0.3, -0.25) is 4.79 Å². The lowest BCUT2D eigenvalue weighted by Crippen LogP contribution is -2.27. The van der Waals surface area contributed by atoms with Gasteiger partial charge >= 0.3 is 5.97 Å². The van der Waals surface area contributed by atoms with Crippen LogP contribution in [0.4, 0.5) is 0 Å². The van der Waals surface area contributed by atoms with Crippen LogP contribution in [0.1, 0.15) is 20.3 Å². The van der Waals surface area contributed by atoms with Gasteiger partial charge in [0, 0.05) is 0 Å². The standard InChI is InChI=1S/C5H11O3P/c1-3-5(2,9-8)4(6)7/h3,9H2,1-2H3,(H,6,7). The van der Waals surface area contributed by atoms with Gasteiger partial charge in [0.1, 0.15) is 5.16 Å². The molecule has 3 nitrogen and oxygen atoms in total. The van der Waals surface area contributed by atoms with Crippen LogP contribution < -0.4 is 0 Å². The lowest BCUT2D eigenvalue weighted by molar-refractivity contribution is -0.139. The second-order valence-corrected chi connectivity index (χ2v) is 3.70. The fourth-order valence-corrected chi connectivity index (χ4v) is 0.552. The monoisotopic (exact) mass is 150 g/mol. The predicted molar refractivity (Wildman–Crippen MR) is 36.7 cm³/mol. The van der Waals surface area contributed by atoms with Crippen LogP contribution in [0.15, 0.2) is 0 Å². The van der Waals surface area contributed by atoms with E-state index in [1.165, 1.54) is 6.92 Å². The third-order valence-electron chi connectivity index (χ3n) is 1.48. The Hall–Kier alpha value is -0.300. The van der Waals surface area contributed by atoms with Gasteiger partial charge < -0.3 is 9.67 Å². The molecule has 9 heavy (non-hydrogen) atoms. The molecule has 54 valence electrons. The number of hydrogen-bond donors (Lipinski definition) is 1. The molecule has 0 rings (SSSR count). The smallest absolute Gasteiger partial charge is 0.316 e. The summed E-state index contributed by atoms with van der Waals surface area (Å²) in [6.45, 7) is 3.22. The molecule has 2 atom stereocenters. The predicted octanol–water partition coefficient (Wildman–Crippen LogP) is 0.996. The molecule has 0 bridgehead atoms. The van der Waals surface area contributed by atoms with Gasteiger partial charge in [-0.15, -0.1) is 0 Å². The van der Waals surface area contributed by atoms with Crippen molar-refractivity contribution in [2.24, 2.45) is 0 Å². The van der Waals surface area contributed by atoms with E-state index in [1.54, 1.807) is 6.92 Å². The molecule has 1 N–H and O–H groups in total. The Bertz CT molecular complexity index is 134. The van der Waals surface area contributed by atoms with E-state index in [0.717, 1.165) is 0 Å². The molecule has 0 aromatic carbocycles. The van der Waals surface area contributed by atoms with Crippen molar-refractivity contribution >= 4 is 14.4 Å². The summed E-state index contributed by atoms with van der Waals surface area (Å²) in [5.41, 5.74) is 0. The highest BCUT2D eigenvalue weighted by atomic mass is 31.1. The highest BCUT2D eigenvalue weighted by molar-refractivity contribution is 7.27. The summed E-state index contributed by atoms with van der Waals surface area (Å²) in [7, 11) is -1.22. The number of aliphatic carboxylic acids is 1. The van der Waals surface area contributed by atoms with Crippen LogP contribution in [-0.2, 0) is 9.36 Å². The van der Waals surface area contributed by atoms with E-state index in [-0.39, 0.29) is 0 Å². The fourth-order valence-electron chi connectivity index (χ4n) is 0.285. The molecule has 0 saturated heterocycles. The van der Waals surface area contributed by atoms with Gasteiger partial charge in [0.15, 0.2) is 0 Å². The first-order chi connectivity index (χ1) is 4.06. The van der Waals surface area contributed by atoms with Gasteiger partial charge in [0.2, 0.25) is 0 Å². The van der Waals surface area contributed by atoms with Crippen LogP contribution in [0.3, 0.4) is 0 Å². The zero-order valence-electron chi connectivity index (χ0n) is 5.55. The molecular formula is C5H11O3P. The average Bonchev–Trinajstić information content (AvgIpc) is 1.86. The molecule has 2 unspecified atom stereocenters. The Morgan fingerprint density at radius 1 is 1.78 bits per heavy atom. The van der Waals surface area contributed by atoms with E-state index < -0.39 is 19.6 Å². The molecule has 0 heterocycles. The first kappa shape index (κ1) is 8.70. The number of hydrogen-bond acceptors (Lipinski definition) is 2. The van der Waals surface area contributed by atoms with E-state index in [9.17, 15) is 9.36 Å². The Labute approximate surface area is 55.3 Å². The van der Waals surface area contributed by atoms with Crippen molar-refractivity contribution in [1.82, 2.24) is 0 Å². The Balaban J connectivity index is 4.27. The summed E-state index contributed by atoms with van der Waals surface area (Å²) in [6, 6.07) is 0. The maximum atomic E-state index is 10.3. The molecule has 0 aliphatic heterocycles. The fraction of sp³-hybridized carbons (Fsp3) is 0.800. The van der Waals surface area contributed by atoms with E-state index in [0.29, 0.717) is 6.42 Å². The molecule has 4 heteroatoms. The average molecular weight is 150 g/mol. The van der Waals surface area contributed by atoms with Crippen LogP contribution in [0.2, 0.25) is 0 Å². The van der Waals surface area contributed by atoms with Crippen molar-refractivity contribution < 1.29 is 14.5 Å². The van der Waals surface area contributed by atoms with Crippen LogP contribution in [-0.4, -0.2) is 16.2 Å². The summed E-state index contributed by atoms with van der Waals surface area (Å²) in [6.07, 6.45) is 0.432. The molecule has 0 aliphatic carbocycles. The van der Waals surface area contributed by atoms with Crippen LogP contribution in [0.5, 0.6) is 0 Å². The number of carboxylic acid groups (broad SMARTS) is 1. The molecular weight excluding hydrogens is 139 g/mol. The van der Waals surface area contributed by atoms with Gasteiger partial charge in [-0.05, 0) is 13.3 Å². The van der Waals surface area contributed by atoms with Gasteiger partial charge in [-0.1, -0.05) is 6.92 Å². The Morgan fingerprint density at radius 2 is 2.22 bits per heavy atom. The SMILES string of the molecule is CCC(C)([PH2]=O)C(=O)O. The summed E-state index contributed by atoms with van der Waals surface area (Å²) in [5, 5.41) is 7.48. The van der Waals surface area contributed by atoms with Gasteiger partial charge in [-0.2, -0.15) is 0 Å². The van der Waals surface area contributed by atoms with Crippen LogP contribution in [0, 0.1) is 0 Å².